The monoisotopic (exact) mass is 416 g/mol. The van der Waals surface area contributed by atoms with Gasteiger partial charge in [0.15, 0.2) is 5.16 Å². The van der Waals surface area contributed by atoms with Crippen molar-refractivity contribution in [2.24, 2.45) is 5.73 Å². The molecular weight excluding hydrogens is 400 g/mol. The molecule has 1 heterocycles. The van der Waals surface area contributed by atoms with Crippen molar-refractivity contribution in [1.82, 2.24) is 14.9 Å². The number of halogens is 1. The Morgan fingerprint density at radius 1 is 1.25 bits per heavy atom. The van der Waals surface area contributed by atoms with E-state index in [0.717, 1.165) is 17.3 Å². The zero-order valence-electron chi connectivity index (χ0n) is 15.1. The minimum absolute atomic E-state index is 0.280. The number of carbonyl (C=O) groups excluding carboxylic acids is 2. The van der Waals surface area contributed by atoms with E-state index in [1.807, 2.05) is 30.4 Å². The smallest absolute Gasteiger partial charge is 0.318 e. The molecule has 0 saturated carbocycles. The average molecular weight is 417 g/mol. The van der Waals surface area contributed by atoms with Crippen molar-refractivity contribution < 1.29 is 9.59 Å². The van der Waals surface area contributed by atoms with Crippen molar-refractivity contribution in [2.75, 3.05) is 0 Å². The molecular formula is C19H17ClN4O3S. The number of amides is 3. The number of fused-ring (bicyclic) bond motifs is 1. The Hall–Kier alpha value is -2.84. The lowest BCUT2D eigenvalue weighted by molar-refractivity contribution is -0.119. The number of nitrogens with two attached hydrogens (primary N) is 1. The first-order chi connectivity index (χ1) is 13.3. The Bertz CT molecular complexity index is 1150. The van der Waals surface area contributed by atoms with Gasteiger partial charge in [0.2, 0.25) is 5.91 Å². The summed E-state index contributed by atoms with van der Waals surface area (Å²) in [5.74, 6) is -0.575. The molecule has 0 fully saturated rings. The van der Waals surface area contributed by atoms with Crippen molar-refractivity contribution in [3.8, 4) is 5.69 Å². The third kappa shape index (κ3) is 4.18. The Balaban J connectivity index is 2.18. The molecule has 1 aromatic heterocycles. The number of imide groups is 1. The molecule has 28 heavy (non-hydrogen) atoms. The topological polar surface area (TPSA) is 107 Å². The summed E-state index contributed by atoms with van der Waals surface area (Å²) < 4.78 is 1.45. The fraction of sp³-hybridized carbons (Fsp3) is 0.158. The van der Waals surface area contributed by atoms with Crippen LogP contribution in [0, 0.1) is 6.92 Å². The largest absolute Gasteiger partial charge is 0.351 e. The van der Waals surface area contributed by atoms with Gasteiger partial charge in [-0.3, -0.25) is 19.5 Å². The van der Waals surface area contributed by atoms with Gasteiger partial charge in [-0.1, -0.05) is 35.5 Å². The zero-order chi connectivity index (χ0) is 20.4. The van der Waals surface area contributed by atoms with E-state index in [4.69, 9.17) is 17.3 Å². The van der Waals surface area contributed by atoms with Crippen LogP contribution < -0.4 is 16.6 Å². The van der Waals surface area contributed by atoms with E-state index < -0.39 is 17.2 Å². The van der Waals surface area contributed by atoms with Gasteiger partial charge in [-0.25, -0.2) is 9.78 Å². The van der Waals surface area contributed by atoms with Crippen LogP contribution in [0.4, 0.5) is 4.79 Å². The first kappa shape index (κ1) is 19.9. The van der Waals surface area contributed by atoms with Crippen LogP contribution in [0.1, 0.15) is 12.5 Å². The number of rotatable bonds is 4. The van der Waals surface area contributed by atoms with Crippen LogP contribution >= 0.6 is 23.4 Å². The van der Waals surface area contributed by atoms with Crippen LogP contribution in [0.2, 0.25) is 5.02 Å². The summed E-state index contributed by atoms with van der Waals surface area (Å²) in [5, 5.41) is 2.48. The van der Waals surface area contributed by atoms with Crippen LogP contribution in [0.3, 0.4) is 0 Å². The van der Waals surface area contributed by atoms with Crippen molar-refractivity contribution in [1.29, 1.82) is 0 Å². The summed E-state index contributed by atoms with van der Waals surface area (Å²) in [5.41, 5.74) is 6.75. The molecule has 0 radical (unpaired) electrons. The fourth-order valence-electron chi connectivity index (χ4n) is 2.65. The van der Waals surface area contributed by atoms with Gasteiger partial charge >= 0.3 is 6.03 Å². The molecule has 3 N–H and O–H groups in total. The first-order valence-electron chi connectivity index (χ1n) is 8.32. The maximum Gasteiger partial charge on any atom is 0.318 e. The molecule has 0 spiro atoms. The molecule has 0 unspecified atom stereocenters. The van der Waals surface area contributed by atoms with Gasteiger partial charge in [0.25, 0.3) is 5.56 Å². The molecule has 3 aromatic rings. The van der Waals surface area contributed by atoms with Crippen LogP contribution in [-0.2, 0) is 4.79 Å². The Kier molecular flexibility index (Phi) is 5.71. The Labute approximate surface area is 169 Å². The normalized spacial score (nSPS) is 12.0. The SMILES string of the molecule is Cc1cccc(-n2c(S[C@@H](C)C(=O)NC(N)=O)nc3cc(Cl)ccc3c2=O)c1. The Morgan fingerprint density at radius 2 is 2.00 bits per heavy atom. The summed E-state index contributed by atoms with van der Waals surface area (Å²) in [6, 6.07) is 11.3. The number of nitrogens with one attached hydrogen (secondary N) is 1. The average Bonchev–Trinajstić information content (AvgIpc) is 2.61. The number of benzene rings is 2. The molecule has 7 nitrogen and oxygen atoms in total. The highest BCUT2D eigenvalue weighted by atomic mass is 35.5. The molecule has 0 saturated heterocycles. The number of carbonyl (C=O) groups is 2. The van der Waals surface area contributed by atoms with E-state index in [0.29, 0.717) is 26.8 Å². The molecule has 0 aliphatic rings. The minimum Gasteiger partial charge on any atom is -0.351 e. The summed E-state index contributed by atoms with van der Waals surface area (Å²) >= 11 is 7.09. The van der Waals surface area contributed by atoms with E-state index in [1.54, 1.807) is 31.2 Å². The molecule has 0 bridgehead atoms. The van der Waals surface area contributed by atoms with Crippen molar-refractivity contribution in [3.05, 3.63) is 63.4 Å². The van der Waals surface area contributed by atoms with E-state index in [-0.39, 0.29) is 5.56 Å². The minimum atomic E-state index is -0.938. The van der Waals surface area contributed by atoms with Gasteiger partial charge in [-0.2, -0.15) is 0 Å². The molecule has 1 atom stereocenters. The number of hydrogen-bond acceptors (Lipinski definition) is 5. The van der Waals surface area contributed by atoms with Gasteiger partial charge in [0, 0.05) is 5.02 Å². The highest BCUT2D eigenvalue weighted by Gasteiger charge is 2.21. The van der Waals surface area contributed by atoms with Crippen LogP contribution in [0.25, 0.3) is 16.6 Å². The maximum atomic E-state index is 13.2. The Morgan fingerprint density at radius 3 is 2.68 bits per heavy atom. The van der Waals surface area contributed by atoms with E-state index in [9.17, 15) is 14.4 Å². The molecule has 3 amide bonds. The number of urea groups is 1. The van der Waals surface area contributed by atoms with Crippen LogP contribution in [-0.4, -0.2) is 26.7 Å². The fourth-order valence-corrected chi connectivity index (χ4v) is 3.74. The van der Waals surface area contributed by atoms with Crippen molar-refractivity contribution >= 4 is 46.2 Å². The second-order valence-corrected chi connectivity index (χ2v) is 7.89. The molecule has 144 valence electrons. The number of nitrogens with zero attached hydrogens (tertiary/aromatic N) is 2. The van der Waals surface area contributed by atoms with Gasteiger partial charge in [-0.15, -0.1) is 0 Å². The standard InChI is InChI=1S/C19H17ClN4O3S/c1-10-4-3-5-13(8-10)24-17(26)14-7-6-12(20)9-15(14)22-19(24)28-11(2)16(25)23-18(21)27/h3-9,11H,1-2H3,(H3,21,23,25,27)/t11-/m0/s1. The third-order valence-electron chi connectivity index (χ3n) is 3.96. The van der Waals surface area contributed by atoms with E-state index in [1.165, 1.54) is 4.57 Å². The number of thioether (sulfide) groups is 1. The van der Waals surface area contributed by atoms with E-state index in [2.05, 4.69) is 4.98 Å². The van der Waals surface area contributed by atoms with Gasteiger partial charge in [0.1, 0.15) is 0 Å². The summed E-state index contributed by atoms with van der Waals surface area (Å²) in [4.78, 5) is 40.8. The van der Waals surface area contributed by atoms with Crippen LogP contribution in [0.15, 0.2) is 52.4 Å². The predicted molar refractivity (Wildman–Crippen MR) is 110 cm³/mol. The van der Waals surface area contributed by atoms with Crippen molar-refractivity contribution in [2.45, 2.75) is 24.3 Å². The van der Waals surface area contributed by atoms with Gasteiger partial charge in [-0.05, 0) is 49.7 Å². The molecule has 0 aliphatic carbocycles. The number of aryl methyl sites for hydroxylation is 1. The molecule has 3 rings (SSSR count). The summed E-state index contributed by atoms with van der Waals surface area (Å²) in [7, 11) is 0. The quantitative estimate of drug-likeness (QED) is 0.502. The lowest BCUT2D eigenvalue weighted by atomic mass is 10.2. The lowest BCUT2D eigenvalue weighted by Gasteiger charge is -2.16. The number of hydrogen-bond donors (Lipinski definition) is 2. The van der Waals surface area contributed by atoms with Crippen molar-refractivity contribution in [3.63, 3.8) is 0 Å². The maximum absolute atomic E-state index is 13.2. The van der Waals surface area contributed by atoms with Gasteiger partial charge in [0.05, 0.1) is 21.8 Å². The second-order valence-electron chi connectivity index (χ2n) is 6.15. The highest BCUT2D eigenvalue weighted by Crippen LogP contribution is 2.26. The first-order valence-corrected chi connectivity index (χ1v) is 9.58. The van der Waals surface area contributed by atoms with Gasteiger partial charge < -0.3 is 5.73 Å². The lowest BCUT2D eigenvalue weighted by Crippen LogP contribution is -2.39. The molecule has 9 heteroatoms. The summed E-state index contributed by atoms with van der Waals surface area (Å²) in [6.45, 7) is 3.51. The molecule has 0 aliphatic heterocycles. The summed E-state index contributed by atoms with van der Waals surface area (Å²) in [6.07, 6.45) is 0. The number of aromatic nitrogens is 2. The highest BCUT2D eigenvalue weighted by molar-refractivity contribution is 8.00. The number of primary amides is 1. The van der Waals surface area contributed by atoms with Crippen LogP contribution in [0.5, 0.6) is 0 Å². The predicted octanol–water partition coefficient (Wildman–Crippen LogP) is 3.02. The third-order valence-corrected chi connectivity index (χ3v) is 5.25. The second kappa shape index (κ2) is 8.04. The molecule has 2 aromatic carbocycles. The zero-order valence-corrected chi connectivity index (χ0v) is 16.7. The van der Waals surface area contributed by atoms with E-state index >= 15 is 0 Å².